The summed E-state index contributed by atoms with van der Waals surface area (Å²) in [6, 6.07) is 19.9. The molecule has 0 aromatic heterocycles. The first-order chi connectivity index (χ1) is 13.0. The Morgan fingerprint density at radius 3 is 2.33 bits per heavy atom. The lowest BCUT2D eigenvalue weighted by Crippen LogP contribution is -2.16. The second-order valence-electron chi connectivity index (χ2n) is 6.19. The third kappa shape index (κ3) is 5.01. The van der Waals surface area contributed by atoms with Crippen molar-refractivity contribution >= 4 is 23.2 Å². The molecule has 3 rings (SSSR count). The number of halogens is 1. The molecule has 0 fully saturated rings. The Hall–Kier alpha value is -3.47. The van der Waals surface area contributed by atoms with Crippen LogP contribution in [0.3, 0.4) is 0 Å². The van der Waals surface area contributed by atoms with E-state index in [4.69, 9.17) is 0 Å². The van der Waals surface area contributed by atoms with Gasteiger partial charge in [0.15, 0.2) is 0 Å². The number of rotatable bonds is 5. The molecule has 4 nitrogen and oxygen atoms in total. The highest BCUT2D eigenvalue weighted by Crippen LogP contribution is 2.15. The van der Waals surface area contributed by atoms with Gasteiger partial charge in [-0.25, -0.2) is 4.39 Å². The van der Waals surface area contributed by atoms with E-state index in [1.54, 1.807) is 24.3 Å². The number of aryl methyl sites for hydroxylation is 1. The summed E-state index contributed by atoms with van der Waals surface area (Å²) < 4.78 is 12.9. The third-order valence-electron chi connectivity index (χ3n) is 4.12. The zero-order chi connectivity index (χ0) is 19.2. The summed E-state index contributed by atoms with van der Waals surface area (Å²) in [5, 5.41) is 5.51. The lowest BCUT2D eigenvalue weighted by molar-refractivity contribution is -0.115. The van der Waals surface area contributed by atoms with Crippen LogP contribution < -0.4 is 10.6 Å². The van der Waals surface area contributed by atoms with E-state index in [-0.39, 0.29) is 24.1 Å². The van der Waals surface area contributed by atoms with Crippen molar-refractivity contribution in [3.8, 4) is 0 Å². The molecular formula is C22H19FN2O2. The molecule has 2 N–H and O–H groups in total. The van der Waals surface area contributed by atoms with Crippen LogP contribution in [-0.2, 0) is 11.2 Å². The number of hydrogen-bond acceptors (Lipinski definition) is 2. The smallest absolute Gasteiger partial charge is 0.255 e. The molecular weight excluding hydrogens is 343 g/mol. The van der Waals surface area contributed by atoms with E-state index in [1.807, 2.05) is 31.2 Å². The summed E-state index contributed by atoms with van der Waals surface area (Å²) in [6.07, 6.45) is 0.263. The molecule has 0 aliphatic rings. The Morgan fingerprint density at radius 1 is 0.852 bits per heavy atom. The van der Waals surface area contributed by atoms with Crippen molar-refractivity contribution in [1.29, 1.82) is 0 Å². The van der Waals surface area contributed by atoms with Crippen molar-refractivity contribution in [3.63, 3.8) is 0 Å². The van der Waals surface area contributed by atoms with Gasteiger partial charge in [-0.2, -0.15) is 0 Å². The number of nitrogens with one attached hydrogen (secondary N) is 2. The molecule has 0 aliphatic heterocycles. The number of amides is 2. The van der Waals surface area contributed by atoms with Gasteiger partial charge in [-0.15, -0.1) is 0 Å². The number of anilines is 2. The van der Waals surface area contributed by atoms with E-state index < -0.39 is 0 Å². The van der Waals surface area contributed by atoms with Crippen LogP contribution in [0.1, 0.15) is 21.5 Å². The first-order valence-corrected chi connectivity index (χ1v) is 8.52. The SMILES string of the molecule is Cc1ccccc1CC(=O)Nc1cccc(C(=O)Nc2ccc(F)cc2)c1. The van der Waals surface area contributed by atoms with E-state index in [9.17, 15) is 14.0 Å². The monoisotopic (exact) mass is 362 g/mol. The average molecular weight is 362 g/mol. The molecule has 0 bridgehead atoms. The molecule has 0 heterocycles. The maximum Gasteiger partial charge on any atom is 0.255 e. The normalized spacial score (nSPS) is 10.3. The lowest BCUT2D eigenvalue weighted by atomic mass is 10.1. The van der Waals surface area contributed by atoms with Gasteiger partial charge in [0, 0.05) is 16.9 Å². The largest absolute Gasteiger partial charge is 0.326 e. The Morgan fingerprint density at radius 2 is 1.59 bits per heavy atom. The highest BCUT2D eigenvalue weighted by atomic mass is 19.1. The molecule has 3 aromatic carbocycles. The van der Waals surface area contributed by atoms with Gasteiger partial charge >= 0.3 is 0 Å². The fourth-order valence-corrected chi connectivity index (χ4v) is 2.66. The molecule has 0 saturated heterocycles. The van der Waals surface area contributed by atoms with Crippen LogP contribution in [0.15, 0.2) is 72.8 Å². The molecule has 27 heavy (non-hydrogen) atoms. The predicted octanol–water partition coefficient (Wildman–Crippen LogP) is 4.57. The average Bonchev–Trinajstić information content (AvgIpc) is 2.65. The van der Waals surface area contributed by atoms with Gasteiger partial charge in [0.05, 0.1) is 6.42 Å². The maximum absolute atomic E-state index is 12.9. The van der Waals surface area contributed by atoms with Crippen LogP contribution >= 0.6 is 0 Å². The van der Waals surface area contributed by atoms with Crippen LogP contribution in [0.2, 0.25) is 0 Å². The van der Waals surface area contributed by atoms with Crippen molar-refractivity contribution in [3.05, 3.63) is 95.3 Å². The van der Waals surface area contributed by atoms with Gasteiger partial charge in [0.1, 0.15) is 5.82 Å². The summed E-state index contributed by atoms with van der Waals surface area (Å²) in [5.74, 6) is -0.858. The van der Waals surface area contributed by atoms with Gasteiger partial charge in [0.25, 0.3) is 5.91 Å². The van der Waals surface area contributed by atoms with E-state index >= 15 is 0 Å². The Labute approximate surface area is 157 Å². The van der Waals surface area contributed by atoms with Crippen LogP contribution in [-0.4, -0.2) is 11.8 Å². The first-order valence-electron chi connectivity index (χ1n) is 8.52. The Kier molecular flexibility index (Phi) is 5.61. The Bertz CT molecular complexity index is 968. The summed E-state index contributed by atoms with van der Waals surface area (Å²) in [4.78, 5) is 24.6. The second kappa shape index (κ2) is 8.27. The maximum atomic E-state index is 12.9. The number of carbonyl (C=O) groups is 2. The van der Waals surface area contributed by atoms with Gasteiger partial charge in [-0.1, -0.05) is 30.3 Å². The number of carbonyl (C=O) groups excluding carboxylic acids is 2. The van der Waals surface area contributed by atoms with E-state index in [0.29, 0.717) is 16.9 Å². The molecule has 136 valence electrons. The minimum Gasteiger partial charge on any atom is -0.326 e. The highest BCUT2D eigenvalue weighted by Gasteiger charge is 2.10. The van der Waals surface area contributed by atoms with Gasteiger partial charge in [-0.05, 0) is 60.5 Å². The summed E-state index contributed by atoms with van der Waals surface area (Å²) in [7, 11) is 0. The fourth-order valence-electron chi connectivity index (χ4n) is 2.66. The predicted molar refractivity (Wildman–Crippen MR) is 104 cm³/mol. The highest BCUT2D eigenvalue weighted by molar-refractivity contribution is 6.05. The molecule has 0 spiro atoms. The minimum absolute atomic E-state index is 0.152. The molecule has 0 aliphatic carbocycles. The van der Waals surface area contributed by atoms with Crippen LogP contribution in [0.5, 0.6) is 0 Å². The van der Waals surface area contributed by atoms with Gasteiger partial charge < -0.3 is 10.6 Å². The number of benzene rings is 3. The zero-order valence-corrected chi connectivity index (χ0v) is 14.8. The van der Waals surface area contributed by atoms with Gasteiger partial charge in [0.2, 0.25) is 5.91 Å². The van der Waals surface area contributed by atoms with Crippen molar-refractivity contribution in [2.75, 3.05) is 10.6 Å². The third-order valence-corrected chi connectivity index (χ3v) is 4.12. The zero-order valence-electron chi connectivity index (χ0n) is 14.8. The standard InChI is InChI=1S/C22H19FN2O2/c1-15-5-2-3-6-16(15)14-21(26)24-20-8-4-7-17(13-20)22(27)25-19-11-9-18(23)10-12-19/h2-13H,14H2,1H3,(H,24,26)(H,25,27). The molecule has 2 amide bonds. The van der Waals surface area contributed by atoms with Crippen LogP contribution in [0, 0.1) is 12.7 Å². The minimum atomic E-state index is -0.369. The summed E-state index contributed by atoms with van der Waals surface area (Å²) in [6.45, 7) is 1.96. The second-order valence-corrected chi connectivity index (χ2v) is 6.19. The fraction of sp³-hybridized carbons (Fsp3) is 0.0909. The van der Waals surface area contributed by atoms with Crippen molar-refractivity contribution in [1.82, 2.24) is 0 Å². The van der Waals surface area contributed by atoms with Crippen molar-refractivity contribution < 1.29 is 14.0 Å². The molecule has 5 heteroatoms. The number of hydrogen-bond donors (Lipinski definition) is 2. The van der Waals surface area contributed by atoms with Crippen molar-refractivity contribution in [2.45, 2.75) is 13.3 Å². The Balaban J connectivity index is 1.66. The van der Waals surface area contributed by atoms with E-state index in [1.165, 1.54) is 24.3 Å². The topological polar surface area (TPSA) is 58.2 Å². The summed E-state index contributed by atoms with van der Waals surface area (Å²) >= 11 is 0. The van der Waals surface area contributed by atoms with Crippen molar-refractivity contribution in [2.24, 2.45) is 0 Å². The van der Waals surface area contributed by atoms with Crippen LogP contribution in [0.25, 0.3) is 0 Å². The van der Waals surface area contributed by atoms with Crippen LogP contribution in [0.4, 0.5) is 15.8 Å². The summed E-state index contributed by atoms with van der Waals surface area (Å²) in [5.41, 5.74) is 3.45. The molecule has 3 aromatic rings. The first kappa shape index (κ1) is 18.3. The molecule has 0 unspecified atom stereocenters. The molecule has 0 saturated carbocycles. The molecule has 0 atom stereocenters. The van der Waals surface area contributed by atoms with E-state index in [2.05, 4.69) is 10.6 Å². The molecule has 0 radical (unpaired) electrons. The lowest BCUT2D eigenvalue weighted by Gasteiger charge is -2.09. The quantitative estimate of drug-likeness (QED) is 0.699. The van der Waals surface area contributed by atoms with E-state index in [0.717, 1.165) is 11.1 Å². The van der Waals surface area contributed by atoms with Gasteiger partial charge in [-0.3, -0.25) is 9.59 Å².